The van der Waals surface area contributed by atoms with Crippen LogP contribution in [0.3, 0.4) is 0 Å². The molecular weight excluding hydrogens is 290 g/mol. The number of hydrogen-bond donors (Lipinski definition) is 1. The minimum atomic E-state index is -0.726. The molecule has 122 valence electrons. The summed E-state index contributed by atoms with van der Waals surface area (Å²) in [7, 11) is 1.39. The van der Waals surface area contributed by atoms with E-state index in [0.29, 0.717) is 13.2 Å². The Balaban J connectivity index is 2.21. The van der Waals surface area contributed by atoms with Crippen LogP contribution in [0.2, 0.25) is 0 Å². The second-order valence-corrected chi connectivity index (χ2v) is 5.92. The number of carbonyl (C=O) groups excluding carboxylic acids is 1. The first-order valence-corrected chi connectivity index (χ1v) is 7.57. The molecule has 0 radical (unpaired) electrons. The highest BCUT2D eigenvalue weighted by atomic mass is 16.5. The van der Waals surface area contributed by atoms with Gasteiger partial charge in [0.25, 0.3) is 0 Å². The molecule has 2 aromatic carbocycles. The van der Waals surface area contributed by atoms with E-state index < -0.39 is 5.41 Å². The van der Waals surface area contributed by atoms with Crippen molar-refractivity contribution in [3.63, 3.8) is 0 Å². The number of methoxy groups -OCH3 is 1. The molecular formula is C19H23NO3. The van der Waals surface area contributed by atoms with E-state index in [0.717, 1.165) is 22.4 Å². The van der Waals surface area contributed by atoms with Crippen molar-refractivity contribution in [2.24, 2.45) is 5.73 Å². The van der Waals surface area contributed by atoms with Gasteiger partial charge in [-0.2, -0.15) is 0 Å². The number of rotatable bonds is 6. The van der Waals surface area contributed by atoms with Crippen LogP contribution in [0.25, 0.3) is 0 Å². The van der Waals surface area contributed by atoms with Gasteiger partial charge in [-0.3, -0.25) is 4.79 Å². The summed E-state index contributed by atoms with van der Waals surface area (Å²) in [6.45, 7) is 4.49. The lowest BCUT2D eigenvalue weighted by molar-refractivity contribution is -0.146. The summed E-state index contributed by atoms with van der Waals surface area (Å²) in [5.74, 6) is 0.458. The average Bonchev–Trinajstić information content (AvgIpc) is 2.59. The maximum atomic E-state index is 11.9. The van der Waals surface area contributed by atoms with Crippen LogP contribution in [0.1, 0.15) is 30.5 Å². The van der Waals surface area contributed by atoms with Gasteiger partial charge in [0.2, 0.25) is 0 Å². The van der Waals surface area contributed by atoms with Crippen LogP contribution in [0.4, 0.5) is 0 Å². The molecule has 0 aliphatic heterocycles. The fourth-order valence-electron chi connectivity index (χ4n) is 2.38. The topological polar surface area (TPSA) is 61.5 Å². The van der Waals surface area contributed by atoms with Gasteiger partial charge in [0.05, 0.1) is 12.5 Å². The Morgan fingerprint density at radius 1 is 1.13 bits per heavy atom. The second kappa shape index (κ2) is 7.29. The van der Waals surface area contributed by atoms with Crippen molar-refractivity contribution in [1.29, 1.82) is 0 Å². The highest BCUT2D eigenvalue weighted by Gasteiger charge is 2.31. The molecule has 0 unspecified atom stereocenters. The van der Waals surface area contributed by atoms with E-state index in [4.69, 9.17) is 15.2 Å². The third-order valence-electron chi connectivity index (χ3n) is 3.93. The molecule has 23 heavy (non-hydrogen) atoms. The molecule has 0 bridgehead atoms. The molecule has 0 heterocycles. The van der Waals surface area contributed by atoms with Gasteiger partial charge < -0.3 is 15.2 Å². The summed E-state index contributed by atoms with van der Waals surface area (Å²) < 4.78 is 10.7. The van der Waals surface area contributed by atoms with E-state index >= 15 is 0 Å². The third kappa shape index (κ3) is 3.90. The molecule has 2 N–H and O–H groups in total. The smallest absolute Gasteiger partial charge is 0.315 e. The number of carbonyl (C=O) groups is 1. The Morgan fingerprint density at radius 3 is 2.43 bits per heavy atom. The Kier molecular flexibility index (Phi) is 5.40. The van der Waals surface area contributed by atoms with Crippen molar-refractivity contribution in [1.82, 2.24) is 0 Å². The Bertz CT molecular complexity index is 666. The lowest BCUT2D eigenvalue weighted by Crippen LogP contribution is -2.30. The number of hydrogen-bond acceptors (Lipinski definition) is 4. The molecule has 0 aliphatic rings. The summed E-state index contributed by atoms with van der Waals surface area (Å²) in [4.78, 5) is 11.9. The zero-order chi connectivity index (χ0) is 16.9. The van der Waals surface area contributed by atoms with Crippen molar-refractivity contribution in [3.05, 3.63) is 65.2 Å². The predicted molar refractivity (Wildman–Crippen MR) is 90.1 cm³/mol. The number of benzene rings is 2. The van der Waals surface area contributed by atoms with E-state index in [-0.39, 0.29) is 5.97 Å². The molecule has 0 aromatic heterocycles. The normalized spacial score (nSPS) is 11.1. The van der Waals surface area contributed by atoms with Gasteiger partial charge in [-0.05, 0) is 37.1 Å². The Labute approximate surface area is 137 Å². The molecule has 0 saturated carbocycles. The van der Waals surface area contributed by atoms with Crippen molar-refractivity contribution in [3.8, 4) is 5.75 Å². The van der Waals surface area contributed by atoms with Crippen molar-refractivity contribution in [2.45, 2.75) is 32.4 Å². The highest BCUT2D eigenvalue weighted by Crippen LogP contribution is 2.29. The van der Waals surface area contributed by atoms with Crippen molar-refractivity contribution < 1.29 is 14.3 Å². The number of nitrogens with two attached hydrogens (primary N) is 1. The third-order valence-corrected chi connectivity index (χ3v) is 3.93. The largest absolute Gasteiger partial charge is 0.489 e. The molecule has 0 saturated heterocycles. The molecule has 4 nitrogen and oxygen atoms in total. The summed E-state index contributed by atoms with van der Waals surface area (Å²) in [5.41, 5.74) is 7.94. The zero-order valence-corrected chi connectivity index (χ0v) is 13.8. The fourth-order valence-corrected chi connectivity index (χ4v) is 2.38. The first-order chi connectivity index (χ1) is 11.0. The van der Waals surface area contributed by atoms with Crippen molar-refractivity contribution in [2.75, 3.05) is 7.11 Å². The summed E-state index contributed by atoms with van der Waals surface area (Å²) >= 11 is 0. The Hall–Kier alpha value is -2.33. The quantitative estimate of drug-likeness (QED) is 0.832. The van der Waals surface area contributed by atoms with Crippen LogP contribution in [-0.4, -0.2) is 13.1 Å². The molecule has 0 atom stereocenters. The van der Waals surface area contributed by atoms with Crippen LogP contribution in [-0.2, 0) is 28.1 Å². The molecule has 0 aliphatic carbocycles. The lowest BCUT2D eigenvalue weighted by atomic mass is 9.84. The van der Waals surface area contributed by atoms with E-state index in [1.807, 2.05) is 62.4 Å². The molecule has 4 heteroatoms. The number of esters is 1. The predicted octanol–water partition coefficient (Wildman–Crippen LogP) is 3.17. The molecule has 2 rings (SSSR count). The number of ether oxygens (including phenoxy) is 2. The van der Waals surface area contributed by atoms with Gasteiger partial charge in [-0.1, -0.05) is 36.4 Å². The summed E-state index contributed by atoms with van der Waals surface area (Å²) in [5, 5.41) is 0. The second-order valence-electron chi connectivity index (χ2n) is 5.92. The van der Waals surface area contributed by atoms with E-state index in [2.05, 4.69) is 0 Å². The van der Waals surface area contributed by atoms with Gasteiger partial charge in [0.1, 0.15) is 12.4 Å². The van der Waals surface area contributed by atoms with E-state index in [1.54, 1.807) is 0 Å². The average molecular weight is 313 g/mol. The maximum absolute atomic E-state index is 11.9. The zero-order valence-electron chi connectivity index (χ0n) is 13.8. The van der Waals surface area contributed by atoms with Crippen LogP contribution < -0.4 is 10.5 Å². The van der Waals surface area contributed by atoms with Gasteiger partial charge in [0.15, 0.2) is 0 Å². The maximum Gasteiger partial charge on any atom is 0.315 e. The van der Waals surface area contributed by atoms with Gasteiger partial charge >= 0.3 is 5.97 Å². The van der Waals surface area contributed by atoms with Crippen LogP contribution >= 0.6 is 0 Å². The van der Waals surface area contributed by atoms with Crippen molar-refractivity contribution >= 4 is 5.97 Å². The van der Waals surface area contributed by atoms with Gasteiger partial charge in [-0.25, -0.2) is 0 Å². The monoisotopic (exact) mass is 313 g/mol. The lowest BCUT2D eigenvalue weighted by Gasteiger charge is -2.23. The molecule has 2 aromatic rings. The van der Waals surface area contributed by atoms with E-state index in [9.17, 15) is 4.79 Å². The standard InChI is InChI=1S/C19H23NO3/c1-19(2,18(21)22-3)16-9-10-17(15(11-16)12-20)23-13-14-7-5-4-6-8-14/h4-11H,12-13,20H2,1-3H3. The van der Waals surface area contributed by atoms with E-state index in [1.165, 1.54) is 7.11 Å². The summed E-state index contributed by atoms with van der Waals surface area (Å²) in [6.07, 6.45) is 0. The highest BCUT2D eigenvalue weighted by molar-refractivity contribution is 5.82. The molecule has 0 spiro atoms. The van der Waals surface area contributed by atoms with Crippen LogP contribution in [0.5, 0.6) is 5.75 Å². The first kappa shape index (κ1) is 17.0. The summed E-state index contributed by atoms with van der Waals surface area (Å²) in [6, 6.07) is 15.6. The van der Waals surface area contributed by atoms with Gasteiger partial charge in [-0.15, -0.1) is 0 Å². The molecule has 0 amide bonds. The first-order valence-electron chi connectivity index (χ1n) is 7.57. The van der Waals surface area contributed by atoms with Gasteiger partial charge in [0, 0.05) is 12.1 Å². The van der Waals surface area contributed by atoms with Crippen LogP contribution in [0, 0.1) is 0 Å². The minimum absolute atomic E-state index is 0.279. The Morgan fingerprint density at radius 2 is 1.83 bits per heavy atom. The fraction of sp³-hybridized carbons (Fsp3) is 0.316. The molecule has 0 fully saturated rings. The minimum Gasteiger partial charge on any atom is -0.489 e. The van der Waals surface area contributed by atoms with Crippen LogP contribution in [0.15, 0.2) is 48.5 Å². The SMILES string of the molecule is COC(=O)C(C)(C)c1ccc(OCc2ccccc2)c(CN)c1.